The lowest BCUT2D eigenvalue weighted by Gasteiger charge is -2.47. The molecule has 5 N–H and O–H groups in total. The van der Waals surface area contributed by atoms with Gasteiger partial charge in [-0.3, -0.25) is 9.69 Å². The lowest BCUT2D eigenvalue weighted by atomic mass is 9.78. The summed E-state index contributed by atoms with van der Waals surface area (Å²) in [6.45, 7) is 15.3. The van der Waals surface area contributed by atoms with Gasteiger partial charge >= 0.3 is 12.1 Å². The minimum Gasteiger partial charge on any atom is -0.459 e. The van der Waals surface area contributed by atoms with E-state index in [0.717, 1.165) is 18.5 Å². The topological polar surface area (TPSA) is 213 Å². The van der Waals surface area contributed by atoms with Gasteiger partial charge in [-0.1, -0.05) is 32.1 Å². The summed E-state index contributed by atoms with van der Waals surface area (Å²) in [4.78, 5) is 31.4. The first-order chi connectivity index (χ1) is 29.5. The maximum Gasteiger partial charge on any atom is 0.414 e. The second-order valence-corrected chi connectivity index (χ2v) is 19.1. The summed E-state index contributed by atoms with van der Waals surface area (Å²) in [5.74, 6) is -3.32. The Morgan fingerprint density at radius 1 is 1.02 bits per heavy atom. The van der Waals surface area contributed by atoms with Crippen LogP contribution in [0.5, 0.6) is 0 Å². The van der Waals surface area contributed by atoms with Gasteiger partial charge in [-0.05, 0) is 118 Å². The number of aryl methyl sites for hydroxylation is 1. The van der Waals surface area contributed by atoms with Crippen LogP contribution in [0.15, 0.2) is 30.5 Å². The molecule has 0 bridgehead atoms. The monoisotopic (exact) mass is 893 g/mol. The van der Waals surface area contributed by atoms with Crippen molar-refractivity contribution in [2.45, 2.75) is 173 Å². The molecule has 0 spiro atoms. The van der Waals surface area contributed by atoms with Gasteiger partial charge < -0.3 is 54.3 Å². The third-order valence-corrected chi connectivity index (χ3v) is 13.5. The van der Waals surface area contributed by atoms with Crippen LogP contribution in [0.3, 0.4) is 0 Å². The van der Waals surface area contributed by atoms with Crippen molar-refractivity contribution in [3.63, 3.8) is 0 Å². The molecule has 356 valence electrons. The van der Waals surface area contributed by atoms with Crippen molar-refractivity contribution in [3.05, 3.63) is 42.0 Å². The van der Waals surface area contributed by atoms with E-state index >= 15 is 0 Å². The SMILES string of the molecule is CC[C@H]1OC(=O)[C@H](C)[C@@H](O)[C@H](C)[C@@H](OC2O[C@H](C)C[C@H](N(C)CCCCc3cn(C[C@H]4CN(c5cccc(F)c5)C(=O)O4)nn3)[C@H]2O)[C@](C)(O)C[C@@H](C)CN(C)[C@H](C)[C@@H](O)[C@]1(C)O. The molecule has 63 heavy (non-hydrogen) atoms. The summed E-state index contributed by atoms with van der Waals surface area (Å²) < 4.78 is 39.5. The Labute approximate surface area is 371 Å². The number of aliphatic hydroxyl groups excluding tert-OH is 3. The summed E-state index contributed by atoms with van der Waals surface area (Å²) in [5.41, 5.74) is -2.16. The lowest BCUT2D eigenvalue weighted by molar-refractivity contribution is -0.299. The van der Waals surface area contributed by atoms with Crippen LogP contribution in [-0.4, -0.2) is 168 Å². The Balaban J connectivity index is 1.21. The maximum absolute atomic E-state index is 13.7. The zero-order chi connectivity index (χ0) is 46.6. The van der Waals surface area contributed by atoms with E-state index in [9.17, 15) is 39.5 Å². The molecule has 3 aliphatic rings. The van der Waals surface area contributed by atoms with Crippen molar-refractivity contribution >= 4 is 17.7 Å². The number of aliphatic hydroxyl groups is 5. The Bertz CT molecular complexity index is 1800. The molecule has 0 saturated carbocycles. The van der Waals surface area contributed by atoms with Crippen LogP contribution in [-0.2, 0) is 36.7 Å². The second kappa shape index (κ2) is 21.3. The van der Waals surface area contributed by atoms with Crippen molar-refractivity contribution in [1.82, 2.24) is 24.8 Å². The van der Waals surface area contributed by atoms with Crippen LogP contribution in [0.2, 0.25) is 0 Å². The zero-order valence-corrected chi connectivity index (χ0v) is 38.7. The molecule has 1 aromatic heterocycles. The molecule has 1 amide bonds. The number of rotatable bonds is 12. The fraction of sp³-hybridized carbons (Fsp3) is 0.778. The number of unbranched alkanes of at least 4 members (excludes halogenated alkanes) is 1. The van der Waals surface area contributed by atoms with E-state index in [-0.39, 0.29) is 37.5 Å². The van der Waals surface area contributed by atoms with Crippen molar-refractivity contribution in [2.75, 3.05) is 38.6 Å². The average Bonchev–Trinajstić information content (AvgIpc) is 3.83. The number of anilines is 1. The number of nitrogens with zero attached hydrogens (tertiary/aromatic N) is 6. The largest absolute Gasteiger partial charge is 0.459 e. The number of hydrogen-bond acceptors (Lipinski definition) is 15. The third-order valence-electron chi connectivity index (χ3n) is 13.5. The van der Waals surface area contributed by atoms with Crippen molar-refractivity contribution in [2.24, 2.45) is 17.8 Å². The highest BCUT2D eigenvalue weighted by molar-refractivity contribution is 5.89. The number of hydrogen-bond donors (Lipinski definition) is 5. The van der Waals surface area contributed by atoms with Crippen molar-refractivity contribution in [3.8, 4) is 0 Å². The first-order valence-corrected chi connectivity index (χ1v) is 22.6. The number of carbonyl (C=O) groups excluding carboxylic acids is 2. The number of carbonyl (C=O) groups is 2. The first-order valence-electron chi connectivity index (χ1n) is 22.6. The van der Waals surface area contributed by atoms with Gasteiger partial charge in [-0.25, -0.2) is 13.9 Å². The van der Waals surface area contributed by atoms with Gasteiger partial charge in [0.2, 0.25) is 0 Å². The average molecular weight is 893 g/mol. The summed E-state index contributed by atoms with van der Waals surface area (Å²) in [5, 5.41) is 67.2. The number of ether oxygens (including phenoxy) is 4. The standard InChI is InChI=1S/C45H73FN6O11/c1-11-36-45(8,59)39(55)30(6)50(10)22-26(2)21-44(7,58)40(28(4)37(53)29(5)41(56)62-36)63-42-38(54)35(19-27(3)60-42)49(9)18-13-12-16-32-23-51(48-47-32)24-34-25-52(43(57)61-34)33-17-14-15-31(46)20-33/h14-15,17,20,23,26-30,34-40,42,53-55,58-59H,11-13,16,18-19,21-22,24-25H2,1-10H3/t26-,27-,28+,29-,30-,34+,35+,36-,37+,38-,39-,40-,42?,44-,45-/m1/s1. The van der Waals surface area contributed by atoms with Crippen LogP contribution in [0.4, 0.5) is 14.9 Å². The molecule has 4 heterocycles. The minimum atomic E-state index is -1.79. The normalized spacial score (nSPS) is 38.0. The van der Waals surface area contributed by atoms with Gasteiger partial charge in [0.05, 0.1) is 54.3 Å². The Morgan fingerprint density at radius 2 is 1.73 bits per heavy atom. The number of likely N-dealkylation sites (N-methyl/N-ethyl adjacent to an activating group) is 2. The molecule has 5 rings (SSSR count). The molecule has 3 aliphatic heterocycles. The van der Waals surface area contributed by atoms with E-state index in [4.69, 9.17) is 18.9 Å². The van der Waals surface area contributed by atoms with E-state index in [0.29, 0.717) is 38.2 Å². The van der Waals surface area contributed by atoms with Crippen LogP contribution in [0, 0.1) is 23.6 Å². The summed E-state index contributed by atoms with van der Waals surface area (Å²) in [6, 6.07) is 4.90. The van der Waals surface area contributed by atoms with Gasteiger partial charge in [-0.15, -0.1) is 5.10 Å². The Kier molecular flexibility index (Phi) is 17.1. The van der Waals surface area contributed by atoms with Gasteiger partial charge in [0.1, 0.15) is 35.8 Å². The predicted molar refractivity (Wildman–Crippen MR) is 231 cm³/mol. The first kappa shape index (κ1) is 50.7. The second-order valence-electron chi connectivity index (χ2n) is 19.1. The highest BCUT2D eigenvalue weighted by atomic mass is 19.1. The quantitative estimate of drug-likeness (QED) is 0.153. The van der Waals surface area contributed by atoms with E-state index in [2.05, 4.69) is 15.2 Å². The lowest BCUT2D eigenvalue weighted by Crippen LogP contribution is -2.59. The molecule has 18 heteroatoms. The molecule has 17 nitrogen and oxygen atoms in total. The van der Waals surface area contributed by atoms with E-state index in [1.165, 1.54) is 30.9 Å². The van der Waals surface area contributed by atoms with E-state index in [1.54, 1.807) is 44.5 Å². The molecular weight excluding hydrogens is 820 g/mol. The summed E-state index contributed by atoms with van der Waals surface area (Å²) in [7, 11) is 3.76. The number of esters is 1. The Hall–Kier alpha value is -3.33. The van der Waals surface area contributed by atoms with Crippen LogP contribution >= 0.6 is 0 Å². The molecule has 1 aromatic carbocycles. The smallest absolute Gasteiger partial charge is 0.414 e. The van der Waals surface area contributed by atoms with Crippen molar-refractivity contribution < 1.29 is 58.5 Å². The molecule has 0 radical (unpaired) electrons. The minimum absolute atomic E-state index is 0.159. The van der Waals surface area contributed by atoms with E-state index < -0.39 is 89.9 Å². The molecule has 2 aromatic rings. The van der Waals surface area contributed by atoms with Crippen LogP contribution in [0.1, 0.15) is 93.2 Å². The predicted octanol–water partition coefficient (Wildman–Crippen LogP) is 3.12. The van der Waals surface area contributed by atoms with Gasteiger partial charge in [0.25, 0.3) is 0 Å². The molecule has 0 aliphatic carbocycles. The third kappa shape index (κ3) is 12.3. The molecular formula is C45H73FN6O11. The molecule has 3 saturated heterocycles. The highest BCUT2D eigenvalue weighted by Gasteiger charge is 2.50. The number of cyclic esters (lactones) is 2. The van der Waals surface area contributed by atoms with E-state index in [1.807, 2.05) is 39.0 Å². The van der Waals surface area contributed by atoms with Crippen LogP contribution < -0.4 is 4.90 Å². The molecule has 3 fully saturated rings. The fourth-order valence-electron chi connectivity index (χ4n) is 9.72. The summed E-state index contributed by atoms with van der Waals surface area (Å²) >= 11 is 0. The summed E-state index contributed by atoms with van der Waals surface area (Å²) in [6.07, 6.45) is -3.44. The van der Waals surface area contributed by atoms with Crippen molar-refractivity contribution in [1.29, 1.82) is 0 Å². The number of aromatic nitrogens is 3. The van der Waals surface area contributed by atoms with Gasteiger partial charge in [-0.2, -0.15) is 0 Å². The number of amides is 1. The highest BCUT2D eigenvalue weighted by Crippen LogP contribution is 2.37. The van der Waals surface area contributed by atoms with Gasteiger partial charge in [0, 0.05) is 30.7 Å². The fourth-order valence-corrected chi connectivity index (χ4v) is 9.72. The maximum atomic E-state index is 13.7. The van der Waals surface area contributed by atoms with Gasteiger partial charge in [0.15, 0.2) is 6.29 Å². The molecule has 15 atom stereocenters. The number of halogens is 1. The number of benzene rings is 1. The molecule has 1 unspecified atom stereocenters. The van der Waals surface area contributed by atoms with Crippen LogP contribution in [0.25, 0.3) is 0 Å². The zero-order valence-electron chi connectivity index (χ0n) is 38.7. The Morgan fingerprint density at radius 3 is 2.41 bits per heavy atom.